The molecule has 0 bridgehead atoms. The molecule has 0 amide bonds. The fraction of sp³-hybridized carbons (Fsp3) is 0.100. The molecule has 1 rings (SSSR count). The third-order valence-corrected chi connectivity index (χ3v) is 1.59. The molecule has 0 radical (unpaired) electrons. The van der Waals surface area contributed by atoms with Gasteiger partial charge in [-0.25, -0.2) is 4.39 Å². The molecular weight excluding hydrogens is 183 g/mol. The van der Waals surface area contributed by atoms with Crippen LogP contribution < -0.4 is 0 Å². The minimum Gasteiger partial charge on any atom is -0.312 e. The summed E-state index contributed by atoms with van der Waals surface area (Å²) in [5, 5.41) is 6.84. The first kappa shape index (κ1) is 10.2. The predicted molar refractivity (Wildman–Crippen MR) is 52.9 cm³/mol. The molecule has 0 aromatic heterocycles. The zero-order valence-corrected chi connectivity index (χ0v) is 7.35. The Hall–Kier alpha value is -1.84. The van der Waals surface area contributed by atoms with Gasteiger partial charge in [0.25, 0.3) is 0 Å². The minimum absolute atomic E-state index is 0.168. The van der Waals surface area contributed by atoms with Crippen molar-refractivity contribution >= 4 is 24.4 Å². The summed E-state index contributed by atoms with van der Waals surface area (Å²) in [6.45, 7) is 0. The number of nitrogens with zero attached hydrogens (tertiary/aromatic N) is 1. The lowest BCUT2D eigenvalue weighted by atomic mass is 10.2. The minimum atomic E-state index is -0.686. The molecule has 0 heterocycles. The Kier molecular flexibility index (Phi) is 3.67. The van der Waals surface area contributed by atoms with Gasteiger partial charge in [-0.15, -0.1) is 0 Å². The summed E-state index contributed by atoms with van der Waals surface area (Å²) >= 11 is 0. The average Bonchev–Trinajstić information content (AvgIpc) is 2.22. The summed E-state index contributed by atoms with van der Waals surface area (Å²) in [4.78, 5) is 14.1. The molecule has 0 fully saturated rings. The summed E-state index contributed by atoms with van der Waals surface area (Å²) in [6.07, 6.45) is 2.74. The molecule has 0 aliphatic rings. The Morgan fingerprint density at radius 1 is 1.43 bits per heavy atom. The number of hydrogen-bond acceptors (Lipinski definition) is 3. The van der Waals surface area contributed by atoms with E-state index in [1.54, 1.807) is 12.1 Å². The van der Waals surface area contributed by atoms with Crippen LogP contribution in [-0.2, 0) is 4.79 Å². The Bertz CT molecular complexity index is 355. The van der Waals surface area contributed by atoms with Crippen molar-refractivity contribution in [1.82, 2.24) is 0 Å². The van der Waals surface area contributed by atoms with E-state index in [2.05, 4.69) is 4.99 Å². The van der Waals surface area contributed by atoms with Crippen molar-refractivity contribution < 1.29 is 9.18 Å². The first-order valence-corrected chi connectivity index (χ1v) is 4.02. The van der Waals surface area contributed by atoms with Crippen molar-refractivity contribution in [3.8, 4) is 0 Å². The lowest BCUT2D eigenvalue weighted by Crippen LogP contribution is -2.03. The van der Waals surface area contributed by atoms with Crippen molar-refractivity contribution in [1.29, 1.82) is 5.41 Å². The number of benzene rings is 1. The van der Waals surface area contributed by atoms with Crippen LogP contribution in [0.3, 0.4) is 0 Å². The predicted octanol–water partition coefficient (Wildman–Crippen LogP) is 1.99. The molecule has 0 aliphatic heterocycles. The van der Waals surface area contributed by atoms with Crippen molar-refractivity contribution in [2.24, 2.45) is 10.9 Å². The SMILES string of the molecule is N=CC(C=O)C=Nc1ccccc1F. The maximum atomic E-state index is 13.0. The van der Waals surface area contributed by atoms with E-state index in [0.717, 1.165) is 6.21 Å². The van der Waals surface area contributed by atoms with Crippen molar-refractivity contribution in [3.05, 3.63) is 30.1 Å². The molecule has 0 aliphatic carbocycles. The summed E-state index contributed by atoms with van der Waals surface area (Å²) in [7, 11) is 0. The van der Waals surface area contributed by atoms with Crippen LogP contribution in [0.4, 0.5) is 10.1 Å². The second-order valence-electron chi connectivity index (χ2n) is 2.61. The Labute approximate surface area is 80.8 Å². The number of halogens is 1. The van der Waals surface area contributed by atoms with Gasteiger partial charge in [-0.1, -0.05) is 12.1 Å². The second-order valence-corrected chi connectivity index (χ2v) is 2.61. The van der Waals surface area contributed by atoms with Gasteiger partial charge in [0.15, 0.2) is 0 Å². The number of rotatable bonds is 4. The number of carbonyl (C=O) groups excluding carboxylic acids is 1. The summed E-state index contributed by atoms with van der Waals surface area (Å²) in [6, 6.07) is 5.99. The Morgan fingerprint density at radius 2 is 2.14 bits per heavy atom. The molecule has 1 N–H and O–H groups in total. The fourth-order valence-electron chi connectivity index (χ4n) is 0.840. The fourth-order valence-corrected chi connectivity index (χ4v) is 0.840. The van der Waals surface area contributed by atoms with Gasteiger partial charge in [-0.3, -0.25) is 4.99 Å². The number of para-hydroxylation sites is 1. The highest BCUT2D eigenvalue weighted by molar-refractivity contribution is 5.98. The van der Waals surface area contributed by atoms with Crippen molar-refractivity contribution in [2.45, 2.75) is 0 Å². The molecule has 1 aromatic carbocycles. The standard InChI is InChI=1S/C10H9FN2O/c11-9-3-1-2-4-10(9)13-6-8(5-12)7-14/h1-8,12H. The van der Waals surface area contributed by atoms with E-state index in [0.29, 0.717) is 6.29 Å². The highest BCUT2D eigenvalue weighted by Crippen LogP contribution is 2.15. The zero-order chi connectivity index (χ0) is 10.4. The van der Waals surface area contributed by atoms with Crippen LogP contribution in [0.5, 0.6) is 0 Å². The van der Waals surface area contributed by atoms with Crippen LogP contribution >= 0.6 is 0 Å². The molecule has 0 saturated heterocycles. The molecule has 14 heavy (non-hydrogen) atoms. The molecule has 0 spiro atoms. The number of hydrogen-bond donors (Lipinski definition) is 1. The van der Waals surface area contributed by atoms with Gasteiger partial charge in [0.05, 0.1) is 11.6 Å². The van der Waals surface area contributed by atoms with E-state index >= 15 is 0 Å². The summed E-state index contributed by atoms with van der Waals surface area (Å²) < 4.78 is 13.0. The van der Waals surface area contributed by atoms with Crippen LogP contribution in [-0.4, -0.2) is 18.7 Å². The maximum Gasteiger partial charge on any atom is 0.148 e. The van der Waals surface area contributed by atoms with E-state index in [1.165, 1.54) is 18.3 Å². The highest BCUT2D eigenvalue weighted by Gasteiger charge is 2.00. The van der Waals surface area contributed by atoms with E-state index < -0.39 is 11.7 Å². The third kappa shape index (κ3) is 2.58. The van der Waals surface area contributed by atoms with Crippen molar-refractivity contribution in [3.63, 3.8) is 0 Å². The van der Waals surface area contributed by atoms with Gasteiger partial charge in [0.2, 0.25) is 0 Å². The molecule has 1 unspecified atom stereocenters. The van der Waals surface area contributed by atoms with Crippen LogP contribution in [0.1, 0.15) is 0 Å². The average molecular weight is 192 g/mol. The second kappa shape index (κ2) is 5.01. The largest absolute Gasteiger partial charge is 0.312 e. The van der Waals surface area contributed by atoms with Crippen LogP contribution in [0.2, 0.25) is 0 Å². The molecule has 1 atom stereocenters. The van der Waals surface area contributed by atoms with Gasteiger partial charge < -0.3 is 10.2 Å². The number of carbonyl (C=O) groups is 1. The van der Waals surface area contributed by atoms with Crippen LogP contribution in [0.25, 0.3) is 0 Å². The van der Waals surface area contributed by atoms with Crippen molar-refractivity contribution in [2.75, 3.05) is 0 Å². The monoisotopic (exact) mass is 192 g/mol. The summed E-state index contributed by atoms with van der Waals surface area (Å²) in [5.74, 6) is -1.13. The van der Waals surface area contributed by atoms with E-state index in [4.69, 9.17) is 5.41 Å². The Morgan fingerprint density at radius 3 is 2.71 bits per heavy atom. The lowest BCUT2D eigenvalue weighted by Gasteiger charge is -1.96. The normalized spacial score (nSPS) is 12.6. The molecule has 0 saturated carbocycles. The third-order valence-electron chi connectivity index (χ3n) is 1.59. The molecular formula is C10H9FN2O. The molecule has 4 heteroatoms. The number of nitrogens with one attached hydrogen (secondary N) is 1. The van der Waals surface area contributed by atoms with Crippen LogP contribution in [0, 0.1) is 17.1 Å². The maximum absolute atomic E-state index is 13.0. The highest BCUT2D eigenvalue weighted by atomic mass is 19.1. The molecule has 3 nitrogen and oxygen atoms in total. The molecule has 72 valence electrons. The number of aldehydes is 1. The zero-order valence-electron chi connectivity index (χ0n) is 7.35. The molecule has 1 aromatic rings. The lowest BCUT2D eigenvalue weighted by molar-refractivity contribution is -0.108. The first-order valence-electron chi connectivity index (χ1n) is 4.02. The van der Waals surface area contributed by atoms with Gasteiger partial charge >= 0.3 is 0 Å². The quantitative estimate of drug-likeness (QED) is 0.575. The van der Waals surface area contributed by atoms with Gasteiger partial charge in [-0.2, -0.15) is 0 Å². The van der Waals surface area contributed by atoms with Gasteiger partial charge in [-0.05, 0) is 12.1 Å². The number of aliphatic imine (C=N–C) groups is 1. The van der Waals surface area contributed by atoms with Gasteiger partial charge in [0.1, 0.15) is 12.1 Å². The van der Waals surface area contributed by atoms with E-state index in [1.807, 2.05) is 0 Å². The Balaban J connectivity index is 2.82. The van der Waals surface area contributed by atoms with E-state index in [9.17, 15) is 9.18 Å². The van der Waals surface area contributed by atoms with Gasteiger partial charge in [0, 0.05) is 12.4 Å². The van der Waals surface area contributed by atoms with E-state index in [-0.39, 0.29) is 5.69 Å². The first-order chi connectivity index (χ1) is 6.77. The van der Waals surface area contributed by atoms with Crippen LogP contribution in [0.15, 0.2) is 29.3 Å². The summed E-state index contributed by atoms with van der Waals surface area (Å²) in [5.41, 5.74) is 0.168. The topological polar surface area (TPSA) is 53.3 Å². The smallest absolute Gasteiger partial charge is 0.148 e.